The van der Waals surface area contributed by atoms with Gasteiger partial charge in [0, 0.05) is 17.9 Å². The molecule has 4 nitrogen and oxygen atoms in total. The summed E-state index contributed by atoms with van der Waals surface area (Å²) in [4.78, 5) is 11.1. The van der Waals surface area contributed by atoms with Gasteiger partial charge in [0.05, 0.1) is 0 Å². The van der Waals surface area contributed by atoms with E-state index >= 15 is 0 Å². The summed E-state index contributed by atoms with van der Waals surface area (Å²) >= 11 is 7.03. The summed E-state index contributed by atoms with van der Waals surface area (Å²) in [6.07, 6.45) is 0. The molecule has 1 amide bonds. The fourth-order valence-electron chi connectivity index (χ4n) is 0.715. The van der Waals surface area contributed by atoms with Crippen LogP contribution in [0.25, 0.3) is 0 Å². The van der Waals surface area contributed by atoms with E-state index < -0.39 is 0 Å². The predicted molar refractivity (Wildman–Crippen MR) is 65.7 cm³/mol. The molecule has 82 valence electrons. The summed E-state index contributed by atoms with van der Waals surface area (Å²) in [6, 6.07) is 0. The average molecular weight is 261 g/mol. The van der Waals surface area contributed by atoms with Crippen LogP contribution in [0.3, 0.4) is 0 Å². The Kier molecular flexibility index (Phi) is 5.13. The molecule has 0 fully saturated rings. The first-order valence-electron chi connectivity index (χ1n) is 4.18. The Morgan fingerprint density at radius 1 is 1.67 bits per heavy atom. The highest BCUT2D eigenvalue weighted by atomic mass is 32.2. The lowest BCUT2D eigenvalue weighted by molar-refractivity contribution is -0.117. The topological polar surface area (TPSA) is 54.9 Å². The normalized spacial score (nSPS) is 10.0. The van der Waals surface area contributed by atoms with Crippen LogP contribution in [0.5, 0.6) is 0 Å². The Morgan fingerprint density at radius 2 is 2.40 bits per heavy atom. The van der Waals surface area contributed by atoms with Crippen LogP contribution in [0.2, 0.25) is 0 Å². The van der Waals surface area contributed by atoms with E-state index in [0.717, 1.165) is 10.1 Å². The third-order valence-corrected chi connectivity index (χ3v) is 3.62. The van der Waals surface area contributed by atoms with Gasteiger partial charge in [-0.15, -0.1) is 22.8 Å². The fourth-order valence-corrected chi connectivity index (χ4v) is 2.72. The highest BCUT2D eigenvalue weighted by molar-refractivity contribution is 8.01. The zero-order valence-corrected chi connectivity index (χ0v) is 10.7. The predicted octanol–water partition coefficient (Wildman–Crippen LogP) is 1.61. The van der Waals surface area contributed by atoms with Crippen LogP contribution < -0.4 is 5.32 Å². The van der Waals surface area contributed by atoms with Crippen molar-refractivity contribution in [3.63, 3.8) is 0 Å². The molecule has 0 aliphatic rings. The molecule has 1 N–H and O–H groups in total. The van der Waals surface area contributed by atoms with Gasteiger partial charge in [-0.3, -0.25) is 4.79 Å². The quantitative estimate of drug-likeness (QED) is 0.366. The van der Waals surface area contributed by atoms with Gasteiger partial charge in [0.1, 0.15) is 0 Å². The van der Waals surface area contributed by atoms with E-state index in [1.54, 1.807) is 18.7 Å². The molecule has 0 atom stereocenters. The summed E-state index contributed by atoms with van der Waals surface area (Å²) in [5, 5.41) is 10.4. The van der Waals surface area contributed by atoms with E-state index in [2.05, 4.69) is 34.7 Å². The lowest BCUT2D eigenvalue weighted by Crippen LogP contribution is -2.25. The summed E-state index contributed by atoms with van der Waals surface area (Å²) < 4.78 is 1.52. The SMILES string of the molecule is C=C(C)C(=O)NCCSc1nnc(S)s1. The van der Waals surface area contributed by atoms with Gasteiger partial charge >= 0.3 is 0 Å². The second-order valence-corrected chi connectivity index (χ2v) is 5.78. The molecule has 15 heavy (non-hydrogen) atoms. The van der Waals surface area contributed by atoms with Crippen LogP contribution in [0.1, 0.15) is 6.92 Å². The molecule has 0 aromatic carbocycles. The fraction of sp³-hybridized carbons (Fsp3) is 0.375. The zero-order valence-electron chi connectivity index (χ0n) is 8.19. The molecule has 7 heteroatoms. The molecule has 0 aliphatic carbocycles. The standard InChI is InChI=1S/C8H11N3OS3/c1-5(2)6(12)9-3-4-14-8-11-10-7(13)15-8/h1,3-4H2,2H3,(H,9,12)(H,10,13). The van der Waals surface area contributed by atoms with E-state index in [9.17, 15) is 4.79 Å². The second-order valence-electron chi connectivity index (χ2n) is 2.74. The Hall–Kier alpha value is -0.530. The molecule has 1 aromatic heterocycles. The van der Waals surface area contributed by atoms with Crippen LogP contribution in [0, 0.1) is 0 Å². The van der Waals surface area contributed by atoms with Gasteiger partial charge in [0.25, 0.3) is 0 Å². The second kappa shape index (κ2) is 6.14. The summed E-state index contributed by atoms with van der Waals surface area (Å²) in [5.74, 6) is 0.657. The molecule has 0 saturated heterocycles. The summed E-state index contributed by atoms with van der Waals surface area (Å²) in [7, 11) is 0. The van der Waals surface area contributed by atoms with Crippen LogP contribution in [0.15, 0.2) is 20.8 Å². The van der Waals surface area contributed by atoms with Crippen LogP contribution in [-0.4, -0.2) is 28.4 Å². The number of hydrogen-bond donors (Lipinski definition) is 2. The number of thioether (sulfide) groups is 1. The van der Waals surface area contributed by atoms with Crippen molar-refractivity contribution in [2.75, 3.05) is 12.3 Å². The molecule has 1 heterocycles. The zero-order chi connectivity index (χ0) is 11.3. The van der Waals surface area contributed by atoms with Crippen LogP contribution in [-0.2, 0) is 4.79 Å². The van der Waals surface area contributed by atoms with Gasteiger partial charge in [0.15, 0.2) is 8.68 Å². The number of thiol groups is 1. The van der Waals surface area contributed by atoms with E-state index in [1.165, 1.54) is 11.3 Å². The first-order valence-corrected chi connectivity index (χ1v) is 6.43. The minimum atomic E-state index is -0.109. The Bertz CT molecular complexity index is 364. The summed E-state index contributed by atoms with van der Waals surface area (Å²) in [6.45, 7) is 5.82. The Balaban J connectivity index is 2.17. The number of hydrogen-bond acceptors (Lipinski definition) is 6. The highest BCUT2D eigenvalue weighted by Crippen LogP contribution is 2.23. The van der Waals surface area contributed by atoms with Crippen molar-refractivity contribution in [2.24, 2.45) is 0 Å². The molecule has 0 saturated carbocycles. The van der Waals surface area contributed by atoms with Gasteiger partial charge in [0.2, 0.25) is 5.91 Å². The van der Waals surface area contributed by atoms with Gasteiger partial charge in [-0.25, -0.2) is 0 Å². The van der Waals surface area contributed by atoms with Crippen molar-refractivity contribution in [1.29, 1.82) is 0 Å². The third-order valence-electron chi connectivity index (χ3n) is 1.40. The molecule has 0 unspecified atom stereocenters. The molecule has 1 aromatic rings. The van der Waals surface area contributed by atoms with E-state index in [1.807, 2.05) is 0 Å². The van der Waals surface area contributed by atoms with Crippen molar-refractivity contribution in [1.82, 2.24) is 15.5 Å². The van der Waals surface area contributed by atoms with E-state index in [4.69, 9.17) is 0 Å². The largest absolute Gasteiger partial charge is 0.352 e. The van der Waals surface area contributed by atoms with Crippen molar-refractivity contribution < 1.29 is 4.79 Å². The van der Waals surface area contributed by atoms with Crippen molar-refractivity contribution in [3.8, 4) is 0 Å². The van der Waals surface area contributed by atoms with Gasteiger partial charge in [-0.2, -0.15) is 0 Å². The van der Waals surface area contributed by atoms with Crippen molar-refractivity contribution in [3.05, 3.63) is 12.2 Å². The lowest BCUT2D eigenvalue weighted by Gasteiger charge is -2.02. The number of carbonyl (C=O) groups is 1. The van der Waals surface area contributed by atoms with Crippen LogP contribution >= 0.6 is 35.7 Å². The maximum atomic E-state index is 11.1. The third kappa shape index (κ3) is 4.67. The number of rotatable bonds is 5. The van der Waals surface area contributed by atoms with E-state index in [-0.39, 0.29) is 5.91 Å². The molecule has 0 bridgehead atoms. The number of amides is 1. The van der Waals surface area contributed by atoms with Crippen molar-refractivity contribution in [2.45, 2.75) is 15.6 Å². The molecule has 0 radical (unpaired) electrons. The number of nitrogens with zero attached hydrogens (tertiary/aromatic N) is 2. The molecular formula is C8H11N3OS3. The van der Waals surface area contributed by atoms with Crippen molar-refractivity contribution >= 4 is 41.6 Å². The Labute approximate surface area is 102 Å². The molecule has 0 spiro atoms. The first-order chi connectivity index (χ1) is 7.09. The minimum Gasteiger partial charge on any atom is -0.352 e. The highest BCUT2D eigenvalue weighted by Gasteiger charge is 2.03. The molecule has 1 rings (SSSR count). The van der Waals surface area contributed by atoms with Crippen LogP contribution in [0.4, 0.5) is 0 Å². The number of carbonyl (C=O) groups excluding carboxylic acids is 1. The van der Waals surface area contributed by atoms with Gasteiger partial charge < -0.3 is 5.32 Å². The minimum absolute atomic E-state index is 0.109. The van der Waals surface area contributed by atoms with Gasteiger partial charge in [-0.1, -0.05) is 29.7 Å². The smallest absolute Gasteiger partial charge is 0.246 e. The number of aromatic nitrogens is 2. The maximum absolute atomic E-state index is 11.1. The Morgan fingerprint density at radius 3 is 2.93 bits per heavy atom. The van der Waals surface area contributed by atoms with E-state index in [0.29, 0.717) is 16.5 Å². The maximum Gasteiger partial charge on any atom is 0.246 e. The molecule has 0 aliphatic heterocycles. The average Bonchev–Trinajstić information content (AvgIpc) is 2.58. The van der Waals surface area contributed by atoms with Gasteiger partial charge in [-0.05, 0) is 6.92 Å². The first kappa shape index (κ1) is 12.5. The molecular weight excluding hydrogens is 250 g/mol. The summed E-state index contributed by atoms with van der Waals surface area (Å²) in [5.41, 5.74) is 0.522. The lowest BCUT2D eigenvalue weighted by atomic mass is 10.3. The monoisotopic (exact) mass is 261 g/mol. The number of nitrogens with one attached hydrogen (secondary N) is 1.